The van der Waals surface area contributed by atoms with Gasteiger partial charge in [-0.05, 0) is 36.2 Å². The first-order valence-corrected chi connectivity index (χ1v) is 7.09. The van der Waals surface area contributed by atoms with Gasteiger partial charge in [-0.15, -0.1) is 0 Å². The third kappa shape index (κ3) is 3.93. The first-order valence-electron chi connectivity index (χ1n) is 7.09. The SMILES string of the molecule is Cc1ccc(-c2ccnc3c(C(F)(F)F)cccc23)c(F)c1.O=CO. The van der Waals surface area contributed by atoms with Crippen molar-refractivity contribution < 1.29 is 27.5 Å². The molecule has 2 aromatic carbocycles. The largest absolute Gasteiger partial charge is 0.483 e. The van der Waals surface area contributed by atoms with Gasteiger partial charge in [-0.1, -0.05) is 24.3 Å². The zero-order chi connectivity index (χ0) is 18.6. The molecule has 0 spiro atoms. The standard InChI is InChI=1S/C17H11F4N.CH2O2/c1-10-5-6-12(15(18)9-10)11-7-8-22-16-13(11)3-2-4-14(16)17(19,20)21;2-1-3/h2-9H,1H3;1H,(H,2,3). The molecule has 0 aliphatic carbocycles. The molecule has 3 nitrogen and oxygen atoms in total. The Hall–Kier alpha value is -2.96. The van der Waals surface area contributed by atoms with E-state index in [-0.39, 0.29) is 22.9 Å². The Morgan fingerprint density at radius 1 is 1.08 bits per heavy atom. The Labute approximate surface area is 140 Å². The number of halogens is 4. The van der Waals surface area contributed by atoms with Crippen molar-refractivity contribution in [1.29, 1.82) is 0 Å². The van der Waals surface area contributed by atoms with Crippen LogP contribution in [0.3, 0.4) is 0 Å². The van der Waals surface area contributed by atoms with E-state index in [0.29, 0.717) is 5.56 Å². The molecule has 7 heteroatoms. The number of aryl methyl sites for hydroxylation is 1. The summed E-state index contributed by atoms with van der Waals surface area (Å²) in [6.07, 6.45) is -3.23. The highest BCUT2D eigenvalue weighted by Crippen LogP contribution is 2.37. The van der Waals surface area contributed by atoms with Gasteiger partial charge >= 0.3 is 6.18 Å². The summed E-state index contributed by atoms with van der Waals surface area (Å²) in [4.78, 5) is 12.2. The normalized spacial score (nSPS) is 10.9. The lowest BCUT2D eigenvalue weighted by atomic mass is 9.98. The van der Waals surface area contributed by atoms with Crippen LogP contribution in [-0.2, 0) is 11.0 Å². The molecular formula is C18H13F4NO2. The van der Waals surface area contributed by atoms with Crippen molar-refractivity contribution in [2.24, 2.45) is 0 Å². The fourth-order valence-corrected chi connectivity index (χ4v) is 2.48. The smallest absolute Gasteiger partial charge is 0.418 e. The summed E-state index contributed by atoms with van der Waals surface area (Å²) < 4.78 is 53.4. The molecule has 0 saturated carbocycles. The number of carbonyl (C=O) groups is 1. The zero-order valence-corrected chi connectivity index (χ0v) is 13.0. The monoisotopic (exact) mass is 351 g/mol. The minimum absolute atomic E-state index is 0.174. The second-order valence-electron chi connectivity index (χ2n) is 5.15. The van der Waals surface area contributed by atoms with E-state index in [1.807, 2.05) is 0 Å². The number of aromatic nitrogens is 1. The molecule has 1 heterocycles. The van der Waals surface area contributed by atoms with Crippen LogP contribution in [-0.4, -0.2) is 16.6 Å². The molecule has 1 N–H and O–H groups in total. The van der Waals surface area contributed by atoms with E-state index in [2.05, 4.69) is 4.98 Å². The molecule has 1 aromatic heterocycles. The first kappa shape index (κ1) is 18.4. The van der Waals surface area contributed by atoms with E-state index in [9.17, 15) is 17.6 Å². The van der Waals surface area contributed by atoms with Crippen LogP contribution in [0, 0.1) is 12.7 Å². The number of carboxylic acid groups (broad SMARTS) is 1. The van der Waals surface area contributed by atoms with Crippen LogP contribution in [0.1, 0.15) is 11.1 Å². The third-order valence-electron chi connectivity index (χ3n) is 3.49. The molecular weight excluding hydrogens is 338 g/mol. The number of pyridine rings is 1. The topological polar surface area (TPSA) is 50.2 Å². The van der Waals surface area contributed by atoms with Crippen molar-refractivity contribution in [2.75, 3.05) is 0 Å². The van der Waals surface area contributed by atoms with Crippen LogP contribution in [0.5, 0.6) is 0 Å². The number of alkyl halides is 3. The predicted octanol–water partition coefficient (Wildman–Crippen LogP) is 5.07. The van der Waals surface area contributed by atoms with Crippen LogP contribution in [0.2, 0.25) is 0 Å². The van der Waals surface area contributed by atoms with Gasteiger partial charge < -0.3 is 5.11 Å². The van der Waals surface area contributed by atoms with E-state index >= 15 is 0 Å². The van der Waals surface area contributed by atoms with Gasteiger partial charge in [-0.2, -0.15) is 13.2 Å². The summed E-state index contributed by atoms with van der Waals surface area (Å²) >= 11 is 0. The van der Waals surface area contributed by atoms with Crippen molar-refractivity contribution in [3.8, 4) is 11.1 Å². The van der Waals surface area contributed by atoms with Gasteiger partial charge in [0.2, 0.25) is 0 Å². The summed E-state index contributed by atoms with van der Waals surface area (Å²) in [6, 6.07) is 9.97. The summed E-state index contributed by atoms with van der Waals surface area (Å²) in [6.45, 7) is 1.50. The molecule has 0 radical (unpaired) electrons. The maximum atomic E-state index is 14.2. The number of para-hydroxylation sites is 1. The Balaban J connectivity index is 0.000000701. The third-order valence-corrected chi connectivity index (χ3v) is 3.49. The van der Waals surface area contributed by atoms with Crippen molar-refractivity contribution in [1.82, 2.24) is 4.98 Å². The molecule has 0 bridgehead atoms. The molecule has 0 fully saturated rings. The Kier molecular flexibility index (Phi) is 5.36. The van der Waals surface area contributed by atoms with Crippen molar-refractivity contribution in [2.45, 2.75) is 13.1 Å². The number of hydrogen-bond donors (Lipinski definition) is 1. The van der Waals surface area contributed by atoms with Gasteiger partial charge in [-0.3, -0.25) is 9.78 Å². The highest BCUT2D eigenvalue weighted by molar-refractivity contribution is 5.96. The van der Waals surface area contributed by atoms with Crippen LogP contribution in [0.15, 0.2) is 48.7 Å². The van der Waals surface area contributed by atoms with Gasteiger partial charge in [0.05, 0.1) is 11.1 Å². The number of nitrogens with zero attached hydrogens (tertiary/aromatic N) is 1. The van der Waals surface area contributed by atoms with E-state index in [1.165, 1.54) is 30.5 Å². The molecule has 0 aliphatic heterocycles. The summed E-state index contributed by atoms with van der Waals surface area (Å²) in [5, 5.41) is 7.17. The number of hydrogen-bond acceptors (Lipinski definition) is 2. The van der Waals surface area contributed by atoms with E-state index < -0.39 is 17.6 Å². The lowest BCUT2D eigenvalue weighted by Gasteiger charge is -2.12. The van der Waals surface area contributed by atoms with Gasteiger partial charge in [0, 0.05) is 17.1 Å². The van der Waals surface area contributed by atoms with Gasteiger partial charge in [0.25, 0.3) is 6.47 Å². The van der Waals surface area contributed by atoms with Crippen LogP contribution in [0.4, 0.5) is 17.6 Å². The fraction of sp³-hybridized carbons (Fsp3) is 0.111. The van der Waals surface area contributed by atoms with Crippen molar-refractivity contribution in [3.63, 3.8) is 0 Å². The average Bonchev–Trinajstić information content (AvgIpc) is 2.54. The first-order chi connectivity index (χ1) is 11.8. The molecule has 0 saturated heterocycles. The highest BCUT2D eigenvalue weighted by Gasteiger charge is 2.33. The lowest BCUT2D eigenvalue weighted by molar-refractivity contribution is -0.136. The Bertz CT molecular complexity index is 907. The quantitative estimate of drug-likeness (QED) is 0.492. The maximum Gasteiger partial charge on any atom is 0.418 e. The second kappa shape index (κ2) is 7.29. The Morgan fingerprint density at radius 2 is 1.76 bits per heavy atom. The number of benzene rings is 2. The summed E-state index contributed by atoms with van der Waals surface area (Å²) in [5.41, 5.74) is 0.411. The van der Waals surface area contributed by atoms with Gasteiger partial charge in [-0.25, -0.2) is 4.39 Å². The second-order valence-corrected chi connectivity index (χ2v) is 5.15. The van der Waals surface area contributed by atoms with E-state index in [0.717, 1.165) is 11.6 Å². The summed E-state index contributed by atoms with van der Waals surface area (Å²) in [7, 11) is 0. The molecule has 3 aromatic rings. The van der Waals surface area contributed by atoms with Crippen molar-refractivity contribution in [3.05, 3.63) is 65.6 Å². The zero-order valence-electron chi connectivity index (χ0n) is 13.0. The average molecular weight is 351 g/mol. The lowest BCUT2D eigenvalue weighted by Crippen LogP contribution is -2.06. The van der Waals surface area contributed by atoms with Crippen LogP contribution < -0.4 is 0 Å². The van der Waals surface area contributed by atoms with E-state index in [1.54, 1.807) is 19.1 Å². The molecule has 3 rings (SSSR count). The van der Waals surface area contributed by atoms with Crippen molar-refractivity contribution >= 4 is 17.4 Å². The highest BCUT2D eigenvalue weighted by atomic mass is 19.4. The Morgan fingerprint density at radius 3 is 2.36 bits per heavy atom. The molecule has 25 heavy (non-hydrogen) atoms. The van der Waals surface area contributed by atoms with Crippen LogP contribution >= 0.6 is 0 Å². The minimum atomic E-state index is -4.50. The molecule has 0 amide bonds. The number of rotatable bonds is 1. The summed E-state index contributed by atoms with van der Waals surface area (Å²) in [5.74, 6) is -0.468. The van der Waals surface area contributed by atoms with Gasteiger partial charge in [0.15, 0.2) is 0 Å². The fourth-order valence-electron chi connectivity index (χ4n) is 2.48. The van der Waals surface area contributed by atoms with E-state index in [4.69, 9.17) is 9.90 Å². The molecule has 0 atom stereocenters. The molecule has 130 valence electrons. The molecule has 0 unspecified atom stereocenters. The van der Waals surface area contributed by atoms with Crippen LogP contribution in [0.25, 0.3) is 22.0 Å². The minimum Gasteiger partial charge on any atom is -0.483 e. The maximum absolute atomic E-state index is 14.2. The number of fused-ring (bicyclic) bond motifs is 1. The predicted molar refractivity (Wildman–Crippen MR) is 85.6 cm³/mol. The molecule has 0 aliphatic rings. The van der Waals surface area contributed by atoms with Gasteiger partial charge in [0.1, 0.15) is 5.82 Å².